The normalized spacial score (nSPS) is 17.9. The smallest absolute Gasteiger partial charge is 0.254 e. The number of hydrogen-bond acceptors (Lipinski definition) is 5. The first-order valence-corrected chi connectivity index (χ1v) is 8.50. The minimum absolute atomic E-state index is 0.194. The summed E-state index contributed by atoms with van der Waals surface area (Å²) in [5.74, 6) is -0.0766. The number of amides is 3. The first-order valence-electron chi connectivity index (χ1n) is 8.50. The van der Waals surface area contributed by atoms with Crippen molar-refractivity contribution < 1.29 is 23.9 Å². The van der Waals surface area contributed by atoms with Crippen LogP contribution in [0.1, 0.15) is 16.8 Å². The van der Waals surface area contributed by atoms with E-state index in [0.29, 0.717) is 41.7 Å². The molecular formula is C19H17N3O5. The van der Waals surface area contributed by atoms with Crippen molar-refractivity contribution in [3.63, 3.8) is 0 Å². The van der Waals surface area contributed by atoms with Crippen molar-refractivity contribution in [2.45, 2.75) is 12.5 Å². The molecule has 2 heterocycles. The summed E-state index contributed by atoms with van der Waals surface area (Å²) in [6, 6.07) is 10.8. The fourth-order valence-corrected chi connectivity index (χ4v) is 2.97. The van der Waals surface area contributed by atoms with Crippen molar-refractivity contribution in [2.24, 2.45) is 0 Å². The zero-order valence-corrected chi connectivity index (χ0v) is 14.3. The second kappa shape index (κ2) is 6.99. The van der Waals surface area contributed by atoms with Gasteiger partial charge in [-0.25, -0.2) is 0 Å². The molecule has 2 aliphatic rings. The number of fused-ring (bicyclic) bond motifs is 2. The number of anilines is 2. The molecule has 8 nitrogen and oxygen atoms in total. The molecule has 0 fully saturated rings. The summed E-state index contributed by atoms with van der Waals surface area (Å²) >= 11 is 0. The highest BCUT2D eigenvalue weighted by Crippen LogP contribution is 2.32. The molecule has 138 valence electrons. The number of carbonyl (C=O) groups is 3. The molecule has 0 saturated heterocycles. The first kappa shape index (κ1) is 16.9. The third-order valence-electron chi connectivity index (χ3n) is 4.27. The third-order valence-corrected chi connectivity index (χ3v) is 4.27. The summed E-state index contributed by atoms with van der Waals surface area (Å²) < 4.78 is 10.9. The molecule has 1 atom stereocenters. The molecule has 2 aliphatic heterocycles. The molecule has 4 rings (SSSR count). The van der Waals surface area contributed by atoms with E-state index in [1.807, 2.05) is 0 Å². The SMILES string of the molecule is O=C(C[C@@H]1NC(=O)c2ccccc2NC1=O)Nc1ccc2c(c1)OCCO2. The van der Waals surface area contributed by atoms with Crippen molar-refractivity contribution in [3.05, 3.63) is 48.0 Å². The lowest BCUT2D eigenvalue weighted by Crippen LogP contribution is -2.43. The van der Waals surface area contributed by atoms with Crippen LogP contribution in [0.2, 0.25) is 0 Å². The Labute approximate surface area is 154 Å². The minimum Gasteiger partial charge on any atom is -0.486 e. The quantitative estimate of drug-likeness (QED) is 0.763. The molecule has 2 aromatic rings. The van der Waals surface area contributed by atoms with Crippen LogP contribution in [0.15, 0.2) is 42.5 Å². The summed E-state index contributed by atoms with van der Waals surface area (Å²) in [6.07, 6.45) is -0.194. The second-order valence-electron chi connectivity index (χ2n) is 6.17. The molecule has 27 heavy (non-hydrogen) atoms. The molecule has 8 heteroatoms. The highest BCUT2D eigenvalue weighted by Gasteiger charge is 2.29. The van der Waals surface area contributed by atoms with Gasteiger partial charge < -0.3 is 25.4 Å². The van der Waals surface area contributed by atoms with Crippen LogP contribution >= 0.6 is 0 Å². The van der Waals surface area contributed by atoms with Gasteiger partial charge in [-0.3, -0.25) is 14.4 Å². The Morgan fingerprint density at radius 2 is 1.85 bits per heavy atom. The number of nitrogens with one attached hydrogen (secondary N) is 3. The number of ether oxygens (including phenoxy) is 2. The zero-order chi connectivity index (χ0) is 18.8. The van der Waals surface area contributed by atoms with Gasteiger partial charge in [-0.05, 0) is 24.3 Å². The van der Waals surface area contributed by atoms with Crippen LogP contribution in [0.25, 0.3) is 0 Å². The average molecular weight is 367 g/mol. The third kappa shape index (κ3) is 3.55. The maximum Gasteiger partial charge on any atom is 0.254 e. The molecule has 0 unspecified atom stereocenters. The Morgan fingerprint density at radius 1 is 1.07 bits per heavy atom. The number of hydrogen-bond donors (Lipinski definition) is 3. The van der Waals surface area contributed by atoms with E-state index in [1.165, 1.54) is 0 Å². The number of benzene rings is 2. The minimum atomic E-state index is -0.970. The van der Waals surface area contributed by atoms with Gasteiger partial charge in [0.2, 0.25) is 11.8 Å². The summed E-state index contributed by atoms with van der Waals surface area (Å²) in [4.78, 5) is 37.0. The largest absolute Gasteiger partial charge is 0.486 e. The topological polar surface area (TPSA) is 106 Å². The zero-order valence-electron chi connectivity index (χ0n) is 14.3. The van der Waals surface area contributed by atoms with Crippen molar-refractivity contribution in [3.8, 4) is 11.5 Å². The van der Waals surface area contributed by atoms with Crippen molar-refractivity contribution in [1.29, 1.82) is 0 Å². The molecule has 2 aromatic carbocycles. The highest BCUT2D eigenvalue weighted by atomic mass is 16.6. The monoisotopic (exact) mass is 367 g/mol. The maximum atomic E-state index is 12.4. The summed E-state index contributed by atoms with van der Waals surface area (Å²) in [6.45, 7) is 0.927. The van der Waals surface area contributed by atoms with E-state index in [9.17, 15) is 14.4 Å². The van der Waals surface area contributed by atoms with Gasteiger partial charge in [0.1, 0.15) is 19.3 Å². The van der Waals surface area contributed by atoms with Gasteiger partial charge in [-0.1, -0.05) is 12.1 Å². The van der Waals surface area contributed by atoms with Crippen LogP contribution in [0.5, 0.6) is 11.5 Å². The van der Waals surface area contributed by atoms with E-state index >= 15 is 0 Å². The van der Waals surface area contributed by atoms with E-state index in [2.05, 4.69) is 16.0 Å². The van der Waals surface area contributed by atoms with E-state index in [1.54, 1.807) is 42.5 Å². The van der Waals surface area contributed by atoms with Gasteiger partial charge in [0.05, 0.1) is 17.7 Å². The summed E-state index contributed by atoms with van der Waals surface area (Å²) in [5, 5.41) is 7.98. The fourth-order valence-electron chi connectivity index (χ4n) is 2.97. The molecule has 0 bridgehead atoms. The lowest BCUT2D eigenvalue weighted by atomic mass is 10.1. The number of carbonyl (C=O) groups excluding carboxylic acids is 3. The van der Waals surface area contributed by atoms with Crippen molar-refractivity contribution >= 4 is 29.1 Å². The predicted molar refractivity (Wildman–Crippen MR) is 97.0 cm³/mol. The van der Waals surface area contributed by atoms with Crippen LogP contribution in [0, 0.1) is 0 Å². The molecule has 3 N–H and O–H groups in total. The van der Waals surface area contributed by atoms with Gasteiger partial charge in [-0.2, -0.15) is 0 Å². The average Bonchev–Trinajstić information content (AvgIpc) is 2.78. The Hall–Kier alpha value is -3.55. The molecule has 0 aliphatic carbocycles. The van der Waals surface area contributed by atoms with E-state index in [4.69, 9.17) is 9.47 Å². The van der Waals surface area contributed by atoms with E-state index in [0.717, 1.165) is 0 Å². The van der Waals surface area contributed by atoms with Gasteiger partial charge in [0.25, 0.3) is 5.91 Å². The lowest BCUT2D eigenvalue weighted by Gasteiger charge is -2.19. The van der Waals surface area contributed by atoms with Crippen LogP contribution < -0.4 is 25.4 Å². The standard InChI is InChI=1S/C19H17N3O5/c23-17(20-11-5-6-15-16(9-11)27-8-7-26-15)10-14-19(25)21-13-4-2-1-3-12(13)18(24)22-14/h1-6,9,14H,7-8,10H2,(H,20,23)(H,21,25)(H,22,24)/t14-/m0/s1. The predicted octanol–water partition coefficient (Wildman–Crippen LogP) is 1.54. The Kier molecular flexibility index (Phi) is 4.37. The highest BCUT2D eigenvalue weighted by molar-refractivity contribution is 6.11. The Bertz CT molecular complexity index is 927. The lowest BCUT2D eigenvalue weighted by molar-refractivity contribution is -0.122. The Morgan fingerprint density at radius 3 is 2.70 bits per heavy atom. The molecule has 3 amide bonds. The molecule has 0 radical (unpaired) electrons. The molecule has 0 saturated carbocycles. The van der Waals surface area contributed by atoms with Crippen LogP contribution in [0.4, 0.5) is 11.4 Å². The van der Waals surface area contributed by atoms with E-state index in [-0.39, 0.29) is 6.42 Å². The molecular weight excluding hydrogens is 350 g/mol. The fraction of sp³-hybridized carbons (Fsp3) is 0.211. The van der Waals surface area contributed by atoms with Crippen molar-refractivity contribution in [2.75, 3.05) is 23.8 Å². The van der Waals surface area contributed by atoms with Crippen LogP contribution in [-0.4, -0.2) is 37.0 Å². The molecule has 0 spiro atoms. The number of rotatable bonds is 3. The van der Waals surface area contributed by atoms with Crippen molar-refractivity contribution in [1.82, 2.24) is 5.32 Å². The summed E-state index contributed by atoms with van der Waals surface area (Å²) in [7, 11) is 0. The molecule has 0 aromatic heterocycles. The summed E-state index contributed by atoms with van der Waals surface area (Å²) in [5.41, 5.74) is 1.31. The first-order chi connectivity index (χ1) is 13.1. The van der Waals surface area contributed by atoms with Gasteiger partial charge in [0.15, 0.2) is 11.5 Å². The Balaban J connectivity index is 1.44. The number of para-hydroxylation sites is 1. The van der Waals surface area contributed by atoms with Gasteiger partial charge in [-0.15, -0.1) is 0 Å². The van der Waals surface area contributed by atoms with Gasteiger partial charge >= 0.3 is 0 Å². The van der Waals surface area contributed by atoms with Crippen LogP contribution in [-0.2, 0) is 9.59 Å². The van der Waals surface area contributed by atoms with E-state index < -0.39 is 23.8 Å². The maximum absolute atomic E-state index is 12.4. The van der Waals surface area contributed by atoms with Gasteiger partial charge in [0, 0.05) is 11.8 Å². The van der Waals surface area contributed by atoms with Crippen LogP contribution in [0.3, 0.4) is 0 Å². The second-order valence-corrected chi connectivity index (χ2v) is 6.17.